The van der Waals surface area contributed by atoms with Gasteiger partial charge in [0, 0.05) is 29.1 Å². The van der Waals surface area contributed by atoms with Crippen LogP contribution < -0.4 is 10.3 Å². The van der Waals surface area contributed by atoms with E-state index in [9.17, 15) is 9.59 Å². The first kappa shape index (κ1) is 24.0. The van der Waals surface area contributed by atoms with Crippen LogP contribution in [0, 0.1) is 11.3 Å². The fourth-order valence-corrected chi connectivity index (χ4v) is 4.32. The molecule has 0 spiro atoms. The summed E-state index contributed by atoms with van der Waals surface area (Å²) in [6.45, 7) is 1.80. The molecule has 4 aromatic rings. The summed E-state index contributed by atoms with van der Waals surface area (Å²) in [6, 6.07) is 19.4. The SMILES string of the molecule is CC(=O)CCCCC[C@H](NC(=O)Cn1ccc2cc(C#N)ccc21)c1[nH]c(-c2ccccc2)c[nH+]1. The normalized spacial score (nSPS) is 11.8. The Hall–Kier alpha value is -4.18. The van der Waals surface area contributed by atoms with Crippen molar-refractivity contribution in [2.45, 2.75) is 51.6 Å². The molecular weight excluding hydrogens is 438 g/mol. The summed E-state index contributed by atoms with van der Waals surface area (Å²) >= 11 is 0. The molecule has 1 amide bonds. The van der Waals surface area contributed by atoms with Gasteiger partial charge in [0.15, 0.2) is 5.69 Å². The van der Waals surface area contributed by atoms with E-state index in [0.717, 1.165) is 53.7 Å². The molecule has 0 saturated carbocycles. The topological polar surface area (TPSA) is 105 Å². The van der Waals surface area contributed by atoms with Gasteiger partial charge in [-0.05, 0) is 44.0 Å². The molecule has 0 aliphatic rings. The number of ketones is 1. The van der Waals surface area contributed by atoms with Gasteiger partial charge in [-0.2, -0.15) is 5.26 Å². The van der Waals surface area contributed by atoms with Gasteiger partial charge in [0.2, 0.25) is 5.91 Å². The van der Waals surface area contributed by atoms with Crippen LogP contribution in [0.5, 0.6) is 0 Å². The summed E-state index contributed by atoms with van der Waals surface area (Å²) in [6.07, 6.45) is 7.84. The third kappa shape index (κ3) is 6.24. The lowest BCUT2D eigenvalue weighted by Gasteiger charge is -2.15. The molecule has 3 N–H and O–H groups in total. The average Bonchev–Trinajstić information content (AvgIpc) is 3.51. The maximum absolute atomic E-state index is 13.1. The van der Waals surface area contributed by atoms with Gasteiger partial charge in [0.1, 0.15) is 24.6 Å². The van der Waals surface area contributed by atoms with Crippen LogP contribution in [0.2, 0.25) is 0 Å². The summed E-state index contributed by atoms with van der Waals surface area (Å²) in [4.78, 5) is 31.0. The highest BCUT2D eigenvalue weighted by Crippen LogP contribution is 2.21. The summed E-state index contributed by atoms with van der Waals surface area (Å²) < 4.78 is 1.89. The Bertz CT molecular complexity index is 1350. The van der Waals surface area contributed by atoms with E-state index in [1.807, 2.05) is 65.5 Å². The molecule has 7 heteroatoms. The Labute approximate surface area is 204 Å². The predicted octanol–water partition coefficient (Wildman–Crippen LogP) is 4.72. The zero-order valence-corrected chi connectivity index (χ0v) is 19.9. The Morgan fingerprint density at radius 1 is 1.11 bits per heavy atom. The van der Waals surface area contributed by atoms with E-state index >= 15 is 0 Å². The second kappa shape index (κ2) is 11.3. The number of hydrogen-bond donors (Lipinski definition) is 2. The number of unbranched alkanes of at least 4 members (excludes halogenated alkanes) is 2. The number of carbonyl (C=O) groups excluding carboxylic acids is 2. The van der Waals surface area contributed by atoms with Gasteiger partial charge in [-0.25, -0.2) is 9.97 Å². The number of aromatic nitrogens is 3. The van der Waals surface area contributed by atoms with Crippen molar-refractivity contribution >= 4 is 22.6 Å². The van der Waals surface area contributed by atoms with E-state index in [1.165, 1.54) is 0 Å². The predicted molar refractivity (Wildman–Crippen MR) is 134 cm³/mol. The zero-order chi connectivity index (χ0) is 24.6. The fourth-order valence-electron chi connectivity index (χ4n) is 4.32. The maximum Gasteiger partial charge on any atom is 0.275 e. The highest BCUT2D eigenvalue weighted by atomic mass is 16.2. The molecule has 7 nitrogen and oxygen atoms in total. The van der Waals surface area contributed by atoms with Crippen LogP contribution in [0.1, 0.15) is 56.5 Å². The number of aromatic amines is 2. The van der Waals surface area contributed by atoms with Crippen LogP contribution in [-0.2, 0) is 16.1 Å². The highest BCUT2D eigenvalue weighted by molar-refractivity contribution is 5.84. The molecule has 0 saturated heterocycles. The largest absolute Gasteiger partial charge is 0.340 e. The summed E-state index contributed by atoms with van der Waals surface area (Å²) in [5.74, 6) is 0.963. The molecule has 178 valence electrons. The zero-order valence-electron chi connectivity index (χ0n) is 19.9. The number of imidazole rings is 1. The van der Waals surface area contributed by atoms with Gasteiger partial charge < -0.3 is 14.7 Å². The molecule has 4 rings (SSSR count). The number of nitriles is 1. The number of hydrogen-bond acceptors (Lipinski definition) is 3. The standard InChI is InChI=1S/C28H29N5O2/c1-20(34)8-4-2-7-11-24(28-30-18-25(32-28)22-9-5-3-6-10-22)31-27(35)19-33-15-14-23-16-21(17-29)12-13-26(23)33/h3,5-6,9-10,12-16,18,24H,2,4,7-8,11,19H2,1H3,(H,30,32)(H,31,35)/p+1/t24-/m0/s1. The molecule has 2 heterocycles. The maximum atomic E-state index is 13.1. The van der Waals surface area contributed by atoms with Crippen molar-refractivity contribution in [1.29, 1.82) is 5.26 Å². The minimum Gasteiger partial charge on any atom is -0.340 e. The van der Waals surface area contributed by atoms with E-state index in [-0.39, 0.29) is 24.3 Å². The van der Waals surface area contributed by atoms with Crippen LogP contribution in [0.15, 0.2) is 67.0 Å². The van der Waals surface area contributed by atoms with Crippen molar-refractivity contribution in [2.24, 2.45) is 0 Å². The van der Waals surface area contributed by atoms with Crippen LogP contribution in [0.4, 0.5) is 0 Å². The van der Waals surface area contributed by atoms with E-state index in [2.05, 4.69) is 21.4 Å². The quantitative estimate of drug-likeness (QED) is 0.311. The smallest absolute Gasteiger partial charge is 0.275 e. The third-order valence-corrected chi connectivity index (χ3v) is 6.15. The molecule has 0 unspecified atom stereocenters. The summed E-state index contributed by atoms with van der Waals surface area (Å²) in [5.41, 5.74) is 3.54. The molecule has 0 fully saturated rings. The number of rotatable bonds is 11. The summed E-state index contributed by atoms with van der Waals surface area (Å²) in [5, 5.41) is 13.2. The van der Waals surface area contributed by atoms with Gasteiger partial charge in [-0.1, -0.05) is 43.2 Å². The Morgan fingerprint density at radius 3 is 2.71 bits per heavy atom. The molecule has 2 aromatic heterocycles. The number of nitrogens with one attached hydrogen (secondary N) is 3. The summed E-state index contributed by atoms with van der Waals surface area (Å²) in [7, 11) is 0. The first-order valence-corrected chi connectivity index (χ1v) is 12.0. The number of Topliss-reactive ketones (excluding diaryl/α,β-unsaturated/α-hetero) is 1. The number of amides is 1. The molecular formula is C28H30N5O2+. The average molecular weight is 469 g/mol. The van der Waals surface area contributed by atoms with Crippen molar-refractivity contribution in [3.05, 3.63) is 78.4 Å². The first-order valence-electron chi connectivity index (χ1n) is 12.0. The van der Waals surface area contributed by atoms with Crippen LogP contribution in [0.3, 0.4) is 0 Å². The van der Waals surface area contributed by atoms with Crippen molar-refractivity contribution < 1.29 is 14.6 Å². The van der Waals surface area contributed by atoms with Crippen LogP contribution in [0.25, 0.3) is 22.2 Å². The molecule has 0 aliphatic carbocycles. The van der Waals surface area contributed by atoms with Gasteiger partial charge in [0.05, 0.1) is 11.6 Å². The molecule has 1 atom stereocenters. The Morgan fingerprint density at radius 2 is 1.94 bits per heavy atom. The molecule has 0 bridgehead atoms. The Kier molecular flexibility index (Phi) is 7.74. The molecule has 2 aromatic carbocycles. The van der Waals surface area contributed by atoms with E-state index in [0.29, 0.717) is 12.0 Å². The minimum absolute atomic E-state index is 0.0927. The van der Waals surface area contributed by atoms with E-state index < -0.39 is 0 Å². The Balaban J connectivity index is 1.46. The van der Waals surface area contributed by atoms with Crippen molar-refractivity contribution in [3.8, 4) is 17.3 Å². The third-order valence-electron chi connectivity index (χ3n) is 6.15. The van der Waals surface area contributed by atoms with Gasteiger partial charge in [-0.15, -0.1) is 0 Å². The van der Waals surface area contributed by atoms with Gasteiger partial charge in [-0.3, -0.25) is 4.79 Å². The van der Waals surface area contributed by atoms with Gasteiger partial charge >= 0.3 is 0 Å². The second-order valence-corrected chi connectivity index (χ2v) is 8.86. The highest BCUT2D eigenvalue weighted by Gasteiger charge is 2.23. The van der Waals surface area contributed by atoms with Crippen LogP contribution >= 0.6 is 0 Å². The lowest BCUT2D eigenvalue weighted by Crippen LogP contribution is -2.34. The minimum atomic E-state index is -0.204. The van der Waals surface area contributed by atoms with Gasteiger partial charge in [0.25, 0.3) is 5.82 Å². The monoisotopic (exact) mass is 468 g/mol. The van der Waals surface area contributed by atoms with Crippen molar-refractivity contribution in [1.82, 2.24) is 14.9 Å². The van der Waals surface area contributed by atoms with Crippen molar-refractivity contribution in [2.75, 3.05) is 0 Å². The molecule has 0 radical (unpaired) electrons. The number of fused-ring (bicyclic) bond motifs is 1. The van der Waals surface area contributed by atoms with E-state index in [4.69, 9.17) is 5.26 Å². The second-order valence-electron chi connectivity index (χ2n) is 8.86. The number of nitrogens with zero attached hydrogens (tertiary/aromatic N) is 2. The lowest BCUT2D eigenvalue weighted by molar-refractivity contribution is -0.391. The molecule has 0 aliphatic heterocycles. The van der Waals surface area contributed by atoms with Crippen molar-refractivity contribution in [3.63, 3.8) is 0 Å². The fraction of sp³-hybridized carbons (Fsp3) is 0.286. The number of H-pyrrole nitrogens is 2. The molecule has 35 heavy (non-hydrogen) atoms. The number of carbonyl (C=O) groups is 2. The lowest BCUT2D eigenvalue weighted by atomic mass is 10.1. The number of benzene rings is 2. The first-order chi connectivity index (χ1) is 17.0. The van der Waals surface area contributed by atoms with Crippen LogP contribution in [-0.4, -0.2) is 21.2 Å². The van der Waals surface area contributed by atoms with E-state index in [1.54, 1.807) is 13.0 Å².